The summed E-state index contributed by atoms with van der Waals surface area (Å²) in [5.41, 5.74) is 0. The second-order valence-corrected chi connectivity index (χ2v) is 6.15. The maximum absolute atomic E-state index is 3.60. The number of nitrogens with one attached hydrogen (secondary N) is 1. The van der Waals surface area contributed by atoms with Crippen LogP contribution in [0, 0.1) is 0 Å². The summed E-state index contributed by atoms with van der Waals surface area (Å²) in [6, 6.07) is 2.15. The molecule has 0 aromatic heterocycles. The summed E-state index contributed by atoms with van der Waals surface area (Å²) in [5.74, 6) is 0. The highest BCUT2D eigenvalue weighted by Crippen LogP contribution is 2.18. The van der Waals surface area contributed by atoms with Gasteiger partial charge in [-0.25, -0.2) is 0 Å². The lowest BCUT2D eigenvalue weighted by atomic mass is 9.99. The summed E-state index contributed by atoms with van der Waals surface area (Å²) >= 11 is 0. The van der Waals surface area contributed by atoms with E-state index in [0.717, 1.165) is 6.04 Å². The van der Waals surface area contributed by atoms with Gasteiger partial charge >= 0.3 is 0 Å². The lowest BCUT2D eigenvalue weighted by molar-refractivity contribution is 0.129. The van der Waals surface area contributed by atoms with Crippen molar-refractivity contribution >= 4 is 0 Å². The van der Waals surface area contributed by atoms with Gasteiger partial charge in [0.2, 0.25) is 0 Å². The lowest BCUT2D eigenvalue weighted by Gasteiger charge is -2.38. The van der Waals surface area contributed by atoms with Crippen LogP contribution in [0.3, 0.4) is 0 Å². The Morgan fingerprint density at radius 3 is 2.47 bits per heavy atom. The second-order valence-electron chi connectivity index (χ2n) is 6.15. The lowest BCUT2D eigenvalue weighted by Crippen LogP contribution is -2.54. The maximum atomic E-state index is 3.60. The number of piperidine rings is 1. The molecule has 3 heteroatoms. The molecule has 17 heavy (non-hydrogen) atoms. The Balaban J connectivity index is 1.73. The molecule has 0 radical (unpaired) electrons. The van der Waals surface area contributed by atoms with Crippen LogP contribution >= 0.6 is 0 Å². The first-order chi connectivity index (χ1) is 8.15. The van der Waals surface area contributed by atoms with Gasteiger partial charge in [0, 0.05) is 31.2 Å². The number of rotatable bonds is 3. The van der Waals surface area contributed by atoms with Crippen LogP contribution in [0.25, 0.3) is 0 Å². The van der Waals surface area contributed by atoms with Crippen LogP contribution in [0.2, 0.25) is 0 Å². The van der Waals surface area contributed by atoms with E-state index in [1.54, 1.807) is 0 Å². The molecule has 1 N–H and O–H groups in total. The maximum Gasteiger partial charge on any atom is 0.0169 e. The first kappa shape index (κ1) is 13.3. The van der Waals surface area contributed by atoms with Gasteiger partial charge < -0.3 is 15.1 Å². The Kier molecular flexibility index (Phi) is 4.83. The van der Waals surface area contributed by atoms with Crippen LogP contribution in [0.4, 0.5) is 0 Å². The van der Waals surface area contributed by atoms with Gasteiger partial charge in [-0.2, -0.15) is 0 Å². The van der Waals surface area contributed by atoms with Crippen LogP contribution in [-0.2, 0) is 0 Å². The zero-order valence-electron chi connectivity index (χ0n) is 11.8. The molecule has 100 valence electrons. The van der Waals surface area contributed by atoms with Crippen molar-refractivity contribution in [3.63, 3.8) is 0 Å². The van der Waals surface area contributed by atoms with Crippen molar-refractivity contribution in [2.75, 3.05) is 33.2 Å². The first-order valence-corrected chi connectivity index (χ1v) is 7.34. The highest BCUT2D eigenvalue weighted by Gasteiger charge is 2.23. The number of nitrogens with zero attached hydrogens (tertiary/aromatic N) is 2. The first-order valence-electron chi connectivity index (χ1n) is 7.34. The number of hydrogen-bond donors (Lipinski definition) is 1. The van der Waals surface area contributed by atoms with Gasteiger partial charge in [0.05, 0.1) is 0 Å². The molecular formula is C14H29N3. The van der Waals surface area contributed by atoms with Gasteiger partial charge in [0.15, 0.2) is 0 Å². The molecule has 3 unspecified atom stereocenters. The minimum atomic E-state index is 0.655. The molecule has 3 nitrogen and oxygen atoms in total. The molecule has 2 heterocycles. The molecular weight excluding hydrogens is 210 g/mol. The van der Waals surface area contributed by atoms with E-state index in [9.17, 15) is 0 Å². The molecule has 0 saturated carbocycles. The van der Waals surface area contributed by atoms with E-state index in [4.69, 9.17) is 0 Å². The topological polar surface area (TPSA) is 18.5 Å². The SMILES string of the molecule is CC1CN(CCC2CCCCN2C)CC(C)N1. The second kappa shape index (κ2) is 6.17. The minimum absolute atomic E-state index is 0.655. The van der Waals surface area contributed by atoms with Crippen molar-refractivity contribution in [1.29, 1.82) is 0 Å². The standard InChI is InChI=1S/C14H29N3/c1-12-10-17(11-13(2)15-12)9-7-14-6-4-5-8-16(14)3/h12-15H,4-11H2,1-3H3. The average molecular weight is 239 g/mol. The molecule has 0 bridgehead atoms. The Morgan fingerprint density at radius 2 is 1.82 bits per heavy atom. The van der Waals surface area contributed by atoms with Crippen molar-refractivity contribution in [3.05, 3.63) is 0 Å². The van der Waals surface area contributed by atoms with Crippen molar-refractivity contribution in [2.45, 2.75) is 57.7 Å². The molecule has 2 fully saturated rings. The fourth-order valence-electron chi connectivity index (χ4n) is 3.46. The molecule has 0 aliphatic carbocycles. The fourth-order valence-corrected chi connectivity index (χ4v) is 3.46. The van der Waals surface area contributed by atoms with Crippen molar-refractivity contribution in [3.8, 4) is 0 Å². The minimum Gasteiger partial charge on any atom is -0.309 e. The normalized spacial score (nSPS) is 37.2. The molecule has 2 aliphatic heterocycles. The predicted octanol–water partition coefficient (Wildman–Crippen LogP) is 1.54. The van der Waals surface area contributed by atoms with E-state index in [0.29, 0.717) is 12.1 Å². The van der Waals surface area contributed by atoms with E-state index >= 15 is 0 Å². The molecule has 2 rings (SSSR count). The number of piperazine rings is 1. The van der Waals surface area contributed by atoms with Crippen LogP contribution in [-0.4, -0.2) is 61.2 Å². The van der Waals surface area contributed by atoms with Crippen LogP contribution in [0.15, 0.2) is 0 Å². The Labute approximate surface area is 107 Å². The van der Waals surface area contributed by atoms with E-state index < -0.39 is 0 Å². The van der Waals surface area contributed by atoms with E-state index in [2.05, 4.69) is 36.0 Å². The van der Waals surface area contributed by atoms with Crippen LogP contribution < -0.4 is 5.32 Å². The third kappa shape index (κ3) is 3.94. The third-order valence-corrected chi connectivity index (χ3v) is 4.33. The van der Waals surface area contributed by atoms with Gasteiger partial charge in [-0.1, -0.05) is 6.42 Å². The van der Waals surface area contributed by atoms with Gasteiger partial charge in [-0.05, 0) is 53.2 Å². The Morgan fingerprint density at radius 1 is 1.12 bits per heavy atom. The average Bonchev–Trinajstić information content (AvgIpc) is 2.27. The smallest absolute Gasteiger partial charge is 0.0169 e. The third-order valence-electron chi connectivity index (χ3n) is 4.33. The van der Waals surface area contributed by atoms with Crippen molar-refractivity contribution < 1.29 is 0 Å². The molecule has 3 atom stereocenters. The van der Waals surface area contributed by atoms with E-state index in [1.165, 1.54) is 51.9 Å². The Hall–Kier alpha value is -0.120. The molecule has 0 aromatic carbocycles. The highest BCUT2D eigenvalue weighted by atomic mass is 15.2. The number of hydrogen-bond acceptors (Lipinski definition) is 3. The van der Waals surface area contributed by atoms with Crippen LogP contribution in [0.1, 0.15) is 39.5 Å². The molecule has 2 saturated heterocycles. The summed E-state index contributed by atoms with van der Waals surface area (Å²) in [5, 5.41) is 3.60. The molecule has 0 amide bonds. The summed E-state index contributed by atoms with van der Waals surface area (Å²) in [6.07, 6.45) is 5.60. The van der Waals surface area contributed by atoms with Gasteiger partial charge in [-0.3, -0.25) is 0 Å². The quantitative estimate of drug-likeness (QED) is 0.806. The summed E-state index contributed by atoms with van der Waals surface area (Å²) in [6.45, 7) is 9.64. The van der Waals surface area contributed by atoms with E-state index in [1.807, 2.05) is 0 Å². The van der Waals surface area contributed by atoms with Gasteiger partial charge in [0.25, 0.3) is 0 Å². The largest absolute Gasteiger partial charge is 0.309 e. The van der Waals surface area contributed by atoms with E-state index in [-0.39, 0.29) is 0 Å². The number of likely N-dealkylation sites (tertiary alicyclic amines) is 1. The highest BCUT2D eigenvalue weighted by molar-refractivity contribution is 4.82. The Bertz CT molecular complexity index is 222. The van der Waals surface area contributed by atoms with Crippen LogP contribution in [0.5, 0.6) is 0 Å². The van der Waals surface area contributed by atoms with Crippen molar-refractivity contribution in [2.24, 2.45) is 0 Å². The van der Waals surface area contributed by atoms with Crippen molar-refractivity contribution in [1.82, 2.24) is 15.1 Å². The summed E-state index contributed by atoms with van der Waals surface area (Å²) < 4.78 is 0. The monoisotopic (exact) mass is 239 g/mol. The molecule has 0 spiro atoms. The predicted molar refractivity (Wildman–Crippen MR) is 73.4 cm³/mol. The zero-order valence-corrected chi connectivity index (χ0v) is 11.8. The zero-order chi connectivity index (χ0) is 12.3. The summed E-state index contributed by atoms with van der Waals surface area (Å²) in [4.78, 5) is 5.22. The summed E-state index contributed by atoms with van der Waals surface area (Å²) in [7, 11) is 2.30. The molecule has 2 aliphatic rings. The fraction of sp³-hybridized carbons (Fsp3) is 1.00. The van der Waals surface area contributed by atoms with Gasteiger partial charge in [-0.15, -0.1) is 0 Å². The molecule has 0 aromatic rings. The van der Waals surface area contributed by atoms with Gasteiger partial charge in [0.1, 0.15) is 0 Å².